The minimum atomic E-state index is -4.13. The van der Waals surface area contributed by atoms with E-state index in [1.165, 1.54) is 43.1 Å². The molecule has 0 aliphatic rings. The van der Waals surface area contributed by atoms with E-state index in [0.717, 1.165) is 5.56 Å². The lowest BCUT2D eigenvalue weighted by atomic mass is 10.2. The Bertz CT molecular complexity index is 1880. The number of carbonyl (C=O) groups excluding carboxylic acids is 1. The molecule has 0 spiro atoms. The van der Waals surface area contributed by atoms with Gasteiger partial charge in [0.2, 0.25) is 5.91 Å². The van der Waals surface area contributed by atoms with Crippen LogP contribution >= 0.6 is 23.4 Å². The van der Waals surface area contributed by atoms with Gasteiger partial charge in [-0.25, -0.2) is 12.8 Å². The lowest BCUT2D eigenvalue weighted by molar-refractivity contribution is -0.114. The molecule has 0 fully saturated rings. The number of aromatic amines is 1. The number of halogens is 2. The van der Waals surface area contributed by atoms with Crippen LogP contribution in [0.1, 0.15) is 18.1 Å². The minimum Gasteiger partial charge on any atom is -0.457 e. The number of hydrogen-bond acceptors (Lipinski definition) is 7. The quantitative estimate of drug-likeness (QED) is 0.136. The van der Waals surface area contributed by atoms with Gasteiger partial charge in [-0.05, 0) is 72.6 Å². The van der Waals surface area contributed by atoms with Crippen molar-refractivity contribution in [2.45, 2.75) is 29.5 Å². The van der Waals surface area contributed by atoms with Crippen molar-refractivity contribution in [2.24, 2.45) is 0 Å². The highest BCUT2D eigenvalue weighted by atomic mass is 35.5. The molecule has 0 saturated heterocycles. The highest BCUT2D eigenvalue weighted by Crippen LogP contribution is 2.39. The topological polar surface area (TPSA) is 126 Å². The fraction of sp³-hybridized carbons (Fsp3) is 0.100. The van der Waals surface area contributed by atoms with Crippen LogP contribution in [0.25, 0.3) is 11.3 Å². The van der Waals surface area contributed by atoms with Crippen LogP contribution in [0.5, 0.6) is 11.5 Å². The molecule has 3 aromatic carbocycles. The molecule has 2 aromatic heterocycles. The number of aromatic nitrogens is 3. The Labute approximate surface area is 256 Å². The van der Waals surface area contributed by atoms with E-state index >= 15 is 0 Å². The summed E-state index contributed by atoms with van der Waals surface area (Å²) in [6, 6.07) is 21.2. The van der Waals surface area contributed by atoms with Gasteiger partial charge in [-0.3, -0.25) is 19.6 Å². The van der Waals surface area contributed by atoms with Crippen molar-refractivity contribution >= 4 is 50.8 Å². The van der Waals surface area contributed by atoms with Gasteiger partial charge in [0, 0.05) is 24.6 Å². The number of nitrogens with one attached hydrogen (secondary N) is 3. The molecule has 1 amide bonds. The summed E-state index contributed by atoms with van der Waals surface area (Å²) < 4.78 is 48.6. The molecule has 0 atom stereocenters. The fourth-order valence-electron chi connectivity index (χ4n) is 4.22. The van der Waals surface area contributed by atoms with Crippen LogP contribution in [-0.2, 0) is 20.6 Å². The van der Waals surface area contributed by atoms with E-state index in [-0.39, 0.29) is 27.5 Å². The largest absolute Gasteiger partial charge is 0.457 e. The van der Waals surface area contributed by atoms with E-state index < -0.39 is 10.0 Å². The standard InChI is InChI=1S/C30H25ClFN5O4S2/c1-18-5-3-8-25(31)28(18)43(39,40)37-29-27(26-16-22(13-14-33-26)34-19(2)38)30(36-35-29)42-17-20-6-4-7-24(15-20)41-23-11-9-21(32)10-12-23/h3-16H,17H2,1-2H3,(H,33,34,38)(H2,35,36,37). The third kappa shape index (κ3) is 7.34. The number of carbonyl (C=O) groups is 1. The summed E-state index contributed by atoms with van der Waals surface area (Å²) in [5.74, 6) is 0.976. The number of thioether (sulfide) groups is 1. The number of ether oxygens (including phenoxy) is 1. The van der Waals surface area contributed by atoms with Gasteiger partial charge < -0.3 is 10.1 Å². The zero-order valence-electron chi connectivity index (χ0n) is 22.9. The van der Waals surface area contributed by atoms with Crippen molar-refractivity contribution in [1.29, 1.82) is 0 Å². The molecule has 13 heteroatoms. The number of H-pyrrole nitrogens is 1. The molecule has 220 valence electrons. The summed E-state index contributed by atoms with van der Waals surface area (Å²) in [6.45, 7) is 3.04. The van der Waals surface area contributed by atoms with Crippen molar-refractivity contribution in [3.8, 4) is 22.8 Å². The Morgan fingerprint density at radius 2 is 1.81 bits per heavy atom. The molecule has 0 aliphatic heterocycles. The van der Waals surface area contributed by atoms with Gasteiger partial charge in [0.05, 0.1) is 16.3 Å². The van der Waals surface area contributed by atoms with Crippen LogP contribution in [0.3, 0.4) is 0 Å². The number of aryl methyl sites for hydroxylation is 1. The maximum absolute atomic E-state index is 13.5. The van der Waals surface area contributed by atoms with Crippen LogP contribution in [0.15, 0.2) is 95.0 Å². The minimum absolute atomic E-state index is 0.0515. The second-order valence-electron chi connectivity index (χ2n) is 9.37. The molecule has 0 unspecified atom stereocenters. The Balaban J connectivity index is 1.46. The summed E-state index contributed by atoms with van der Waals surface area (Å²) in [5, 5.41) is 10.5. The van der Waals surface area contributed by atoms with E-state index in [1.54, 1.807) is 49.4 Å². The molecule has 5 aromatic rings. The number of sulfonamides is 1. The SMILES string of the molecule is CC(=O)Nc1ccnc(-c2c(SCc3cccc(Oc4ccc(F)cc4)c3)n[nH]c2NS(=O)(=O)c2c(C)cccc2Cl)c1. The first kappa shape index (κ1) is 30.1. The normalized spacial score (nSPS) is 11.3. The number of rotatable bonds is 10. The number of amides is 1. The molecule has 43 heavy (non-hydrogen) atoms. The van der Waals surface area contributed by atoms with Crippen LogP contribution in [0, 0.1) is 12.7 Å². The van der Waals surface area contributed by atoms with Gasteiger partial charge in [-0.2, -0.15) is 5.10 Å². The summed E-state index contributed by atoms with van der Waals surface area (Å²) >= 11 is 7.62. The van der Waals surface area contributed by atoms with Crippen LogP contribution in [0.2, 0.25) is 5.02 Å². The zero-order valence-corrected chi connectivity index (χ0v) is 25.3. The monoisotopic (exact) mass is 637 g/mol. The van der Waals surface area contributed by atoms with E-state index in [1.807, 2.05) is 18.2 Å². The van der Waals surface area contributed by atoms with Gasteiger partial charge in [-0.1, -0.05) is 47.6 Å². The molecule has 5 rings (SSSR count). The van der Waals surface area contributed by atoms with Crippen LogP contribution in [-0.4, -0.2) is 29.5 Å². The molecule has 2 heterocycles. The molecule has 0 saturated carbocycles. The molecular weight excluding hydrogens is 613 g/mol. The fourth-order valence-corrected chi connectivity index (χ4v) is 7.03. The van der Waals surface area contributed by atoms with Gasteiger partial charge >= 0.3 is 0 Å². The summed E-state index contributed by atoms with van der Waals surface area (Å²) in [5.41, 5.74) is 2.63. The first-order chi connectivity index (χ1) is 20.6. The summed E-state index contributed by atoms with van der Waals surface area (Å²) in [7, 11) is -4.13. The van der Waals surface area contributed by atoms with Crippen LogP contribution < -0.4 is 14.8 Å². The van der Waals surface area contributed by atoms with Crippen molar-refractivity contribution in [2.75, 3.05) is 10.0 Å². The molecule has 0 aliphatic carbocycles. The third-order valence-corrected chi connectivity index (χ3v) is 9.09. The Kier molecular flexibility index (Phi) is 9.00. The second kappa shape index (κ2) is 12.9. The molecule has 3 N–H and O–H groups in total. The Hall–Kier alpha value is -4.39. The van der Waals surface area contributed by atoms with Crippen molar-refractivity contribution in [3.05, 3.63) is 107 Å². The first-order valence-electron chi connectivity index (χ1n) is 12.8. The van der Waals surface area contributed by atoms with Gasteiger partial charge in [-0.15, -0.1) is 0 Å². The molecule has 0 bridgehead atoms. The Morgan fingerprint density at radius 3 is 2.56 bits per heavy atom. The van der Waals surface area contributed by atoms with Gasteiger partial charge in [0.1, 0.15) is 33.1 Å². The maximum Gasteiger partial charge on any atom is 0.264 e. The Morgan fingerprint density at radius 1 is 1.05 bits per heavy atom. The summed E-state index contributed by atoms with van der Waals surface area (Å²) in [4.78, 5) is 16.1. The predicted molar refractivity (Wildman–Crippen MR) is 166 cm³/mol. The highest BCUT2D eigenvalue weighted by Gasteiger charge is 2.26. The van der Waals surface area contributed by atoms with Crippen LogP contribution in [0.4, 0.5) is 15.9 Å². The number of hydrogen-bond donors (Lipinski definition) is 3. The molecular formula is C30H25ClFN5O4S2. The lowest BCUT2D eigenvalue weighted by Crippen LogP contribution is -2.16. The van der Waals surface area contributed by atoms with E-state index in [0.29, 0.717) is 44.8 Å². The maximum atomic E-state index is 13.5. The average molecular weight is 638 g/mol. The molecule has 0 radical (unpaired) electrons. The predicted octanol–water partition coefficient (Wildman–Crippen LogP) is 7.42. The van der Waals surface area contributed by atoms with E-state index in [4.69, 9.17) is 16.3 Å². The number of anilines is 2. The third-order valence-electron chi connectivity index (χ3n) is 6.06. The first-order valence-corrected chi connectivity index (χ1v) is 15.7. The molecule has 9 nitrogen and oxygen atoms in total. The van der Waals surface area contributed by atoms with E-state index in [2.05, 4.69) is 25.2 Å². The zero-order chi connectivity index (χ0) is 30.6. The van der Waals surface area contributed by atoms with Crippen molar-refractivity contribution in [3.63, 3.8) is 0 Å². The van der Waals surface area contributed by atoms with Gasteiger partial charge in [0.15, 0.2) is 0 Å². The van der Waals surface area contributed by atoms with Crippen molar-refractivity contribution in [1.82, 2.24) is 15.2 Å². The smallest absolute Gasteiger partial charge is 0.264 e. The van der Waals surface area contributed by atoms with Crippen molar-refractivity contribution < 1.29 is 22.3 Å². The average Bonchev–Trinajstić information content (AvgIpc) is 3.34. The lowest BCUT2D eigenvalue weighted by Gasteiger charge is -2.13. The highest BCUT2D eigenvalue weighted by molar-refractivity contribution is 7.98. The second-order valence-corrected chi connectivity index (χ2v) is 12.4. The summed E-state index contributed by atoms with van der Waals surface area (Å²) in [6.07, 6.45) is 1.51. The van der Waals surface area contributed by atoms with Gasteiger partial charge in [0.25, 0.3) is 10.0 Å². The van der Waals surface area contributed by atoms with E-state index in [9.17, 15) is 17.6 Å². The number of pyridine rings is 1. The number of nitrogens with zero attached hydrogens (tertiary/aromatic N) is 2. The number of benzene rings is 3.